The van der Waals surface area contributed by atoms with E-state index in [9.17, 15) is 0 Å². The maximum atomic E-state index is 4.27. The summed E-state index contributed by atoms with van der Waals surface area (Å²) in [5.41, 5.74) is 1.04. The van der Waals surface area contributed by atoms with E-state index in [2.05, 4.69) is 49.6 Å². The third kappa shape index (κ3) is 1.35. The molecule has 0 N–H and O–H groups in total. The van der Waals surface area contributed by atoms with E-state index in [-0.39, 0.29) is 0 Å². The van der Waals surface area contributed by atoms with Crippen LogP contribution in [0.2, 0.25) is 0 Å². The molecule has 1 nitrogen and oxygen atoms in total. The third-order valence-corrected chi connectivity index (χ3v) is 3.22. The van der Waals surface area contributed by atoms with E-state index in [1.165, 1.54) is 8.96 Å². The molecule has 1 aromatic heterocycles. The summed E-state index contributed by atoms with van der Waals surface area (Å²) in [4.78, 5) is 4.27. The van der Waals surface area contributed by atoms with E-state index in [0.29, 0.717) is 0 Å². The number of nitrogens with zero attached hydrogens (tertiary/aromatic N) is 1. The van der Waals surface area contributed by atoms with E-state index in [1.807, 2.05) is 24.4 Å². The summed E-state index contributed by atoms with van der Waals surface area (Å²) in [6.07, 6.45) is 1.81. The highest BCUT2D eigenvalue weighted by Crippen LogP contribution is 2.26. The summed E-state index contributed by atoms with van der Waals surface area (Å²) in [6, 6.07) is 8.08. The van der Waals surface area contributed by atoms with Crippen molar-refractivity contribution in [3.8, 4) is 0 Å². The highest BCUT2D eigenvalue weighted by molar-refractivity contribution is 14.1. The summed E-state index contributed by atoms with van der Waals surface area (Å²) >= 11 is 5.82. The van der Waals surface area contributed by atoms with Crippen LogP contribution in [-0.2, 0) is 0 Å². The number of hydrogen-bond acceptors (Lipinski definition) is 1. The van der Waals surface area contributed by atoms with Crippen LogP contribution >= 0.6 is 38.5 Å². The van der Waals surface area contributed by atoms with Crippen LogP contribution in [0.4, 0.5) is 0 Å². The average Bonchev–Trinajstić information content (AvgIpc) is 2.04. The number of aromatic nitrogens is 1. The van der Waals surface area contributed by atoms with Crippen LogP contribution in [0.1, 0.15) is 0 Å². The molecule has 2 aromatic rings. The van der Waals surface area contributed by atoms with Crippen molar-refractivity contribution in [2.75, 3.05) is 0 Å². The van der Waals surface area contributed by atoms with Crippen LogP contribution in [0.3, 0.4) is 0 Å². The molecule has 0 bridgehead atoms. The molecule has 0 aliphatic rings. The Morgan fingerprint density at radius 1 is 1.25 bits per heavy atom. The Balaban J connectivity index is 2.96. The molecular formula is C9H5BrIN. The zero-order chi connectivity index (χ0) is 8.55. The Morgan fingerprint density at radius 2 is 2.08 bits per heavy atom. The lowest BCUT2D eigenvalue weighted by Gasteiger charge is -2.00. The van der Waals surface area contributed by atoms with Gasteiger partial charge >= 0.3 is 0 Å². The molecule has 3 heteroatoms. The molecule has 0 unspecified atom stereocenters. The van der Waals surface area contributed by atoms with E-state index in [4.69, 9.17) is 0 Å². The average molecular weight is 334 g/mol. The zero-order valence-corrected chi connectivity index (χ0v) is 9.83. The lowest BCUT2D eigenvalue weighted by molar-refractivity contribution is 1.40. The first kappa shape index (κ1) is 8.44. The van der Waals surface area contributed by atoms with Gasteiger partial charge in [-0.05, 0) is 40.8 Å². The molecular weight excluding hydrogens is 329 g/mol. The van der Waals surface area contributed by atoms with Gasteiger partial charge < -0.3 is 0 Å². The first-order valence-electron chi connectivity index (χ1n) is 3.48. The van der Waals surface area contributed by atoms with Gasteiger partial charge in [0.05, 0.1) is 5.52 Å². The van der Waals surface area contributed by atoms with Crippen LogP contribution in [0.25, 0.3) is 10.9 Å². The van der Waals surface area contributed by atoms with Gasteiger partial charge in [-0.15, -0.1) is 0 Å². The van der Waals surface area contributed by atoms with Gasteiger partial charge in [0.25, 0.3) is 0 Å². The Morgan fingerprint density at radius 3 is 2.83 bits per heavy atom. The van der Waals surface area contributed by atoms with Crippen molar-refractivity contribution in [1.29, 1.82) is 0 Å². The van der Waals surface area contributed by atoms with Gasteiger partial charge in [-0.3, -0.25) is 4.98 Å². The van der Waals surface area contributed by atoms with Crippen molar-refractivity contribution < 1.29 is 0 Å². The summed E-state index contributed by atoms with van der Waals surface area (Å²) in [7, 11) is 0. The van der Waals surface area contributed by atoms with Gasteiger partial charge in [0.1, 0.15) is 0 Å². The fraction of sp³-hybridized carbons (Fsp3) is 0. The number of hydrogen-bond donors (Lipinski definition) is 0. The van der Waals surface area contributed by atoms with Crippen molar-refractivity contribution in [3.63, 3.8) is 0 Å². The predicted octanol–water partition coefficient (Wildman–Crippen LogP) is 3.60. The molecule has 0 radical (unpaired) electrons. The van der Waals surface area contributed by atoms with E-state index in [0.717, 1.165) is 9.99 Å². The SMILES string of the molecule is Brc1ccnc2cccc(I)c12. The molecule has 0 saturated carbocycles. The maximum Gasteiger partial charge on any atom is 0.0723 e. The number of pyridine rings is 1. The highest BCUT2D eigenvalue weighted by atomic mass is 127. The van der Waals surface area contributed by atoms with Crippen LogP contribution in [0, 0.1) is 3.57 Å². The molecule has 0 atom stereocenters. The van der Waals surface area contributed by atoms with Crippen molar-refractivity contribution in [1.82, 2.24) is 4.98 Å². The second kappa shape index (κ2) is 3.30. The fourth-order valence-electron chi connectivity index (χ4n) is 1.12. The molecule has 60 valence electrons. The van der Waals surface area contributed by atoms with Gasteiger partial charge in [0.2, 0.25) is 0 Å². The second-order valence-corrected chi connectivity index (χ2v) is 4.44. The number of fused-ring (bicyclic) bond motifs is 1. The monoisotopic (exact) mass is 333 g/mol. The molecule has 2 rings (SSSR count). The molecule has 0 spiro atoms. The minimum atomic E-state index is 1.04. The molecule has 0 saturated heterocycles. The topological polar surface area (TPSA) is 12.9 Å². The fourth-order valence-corrected chi connectivity index (χ4v) is 2.80. The quantitative estimate of drug-likeness (QED) is 0.671. The molecule has 0 aliphatic heterocycles. The normalized spacial score (nSPS) is 10.5. The molecule has 12 heavy (non-hydrogen) atoms. The van der Waals surface area contributed by atoms with E-state index < -0.39 is 0 Å². The highest BCUT2D eigenvalue weighted by Gasteiger charge is 2.01. The summed E-state index contributed by atoms with van der Waals surface area (Å²) < 4.78 is 2.34. The van der Waals surface area contributed by atoms with Crippen molar-refractivity contribution in [3.05, 3.63) is 38.5 Å². The minimum Gasteiger partial charge on any atom is -0.256 e. The predicted molar refractivity (Wildman–Crippen MR) is 62.2 cm³/mol. The van der Waals surface area contributed by atoms with Crippen molar-refractivity contribution in [2.24, 2.45) is 0 Å². The summed E-state index contributed by atoms with van der Waals surface area (Å²) in [6.45, 7) is 0. The van der Waals surface area contributed by atoms with Gasteiger partial charge in [0.15, 0.2) is 0 Å². The molecule has 1 heterocycles. The van der Waals surface area contributed by atoms with Crippen LogP contribution in [-0.4, -0.2) is 4.98 Å². The van der Waals surface area contributed by atoms with Gasteiger partial charge in [0, 0.05) is 19.6 Å². The number of halogens is 2. The van der Waals surface area contributed by atoms with Crippen molar-refractivity contribution >= 4 is 49.4 Å². The lowest BCUT2D eigenvalue weighted by atomic mass is 10.2. The van der Waals surface area contributed by atoms with Crippen LogP contribution < -0.4 is 0 Å². The third-order valence-electron chi connectivity index (χ3n) is 1.66. The van der Waals surface area contributed by atoms with Crippen molar-refractivity contribution in [2.45, 2.75) is 0 Å². The molecule has 0 aliphatic carbocycles. The minimum absolute atomic E-state index is 1.04. The van der Waals surface area contributed by atoms with Gasteiger partial charge in [-0.25, -0.2) is 0 Å². The lowest BCUT2D eigenvalue weighted by Crippen LogP contribution is -1.81. The maximum absolute atomic E-state index is 4.27. The Labute approximate surface area is 92.5 Å². The Kier molecular flexibility index (Phi) is 2.32. The first-order chi connectivity index (χ1) is 5.79. The standard InChI is InChI=1S/C9H5BrIN/c10-6-4-5-12-8-3-1-2-7(11)9(6)8/h1-5H. The molecule has 0 fully saturated rings. The van der Waals surface area contributed by atoms with Crippen LogP contribution in [0.15, 0.2) is 34.9 Å². The largest absolute Gasteiger partial charge is 0.256 e. The van der Waals surface area contributed by atoms with E-state index in [1.54, 1.807) is 0 Å². The molecule has 0 amide bonds. The summed E-state index contributed by atoms with van der Waals surface area (Å²) in [5.74, 6) is 0. The van der Waals surface area contributed by atoms with E-state index >= 15 is 0 Å². The Hall–Kier alpha value is -0.160. The number of rotatable bonds is 0. The second-order valence-electron chi connectivity index (χ2n) is 2.43. The molecule has 1 aromatic carbocycles. The summed E-state index contributed by atoms with van der Waals surface area (Å²) in [5, 5.41) is 1.20. The smallest absolute Gasteiger partial charge is 0.0723 e. The zero-order valence-electron chi connectivity index (χ0n) is 6.09. The van der Waals surface area contributed by atoms with Gasteiger partial charge in [-0.1, -0.05) is 22.0 Å². The Bertz CT molecular complexity index is 391. The van der Waals surface area contributed by atoms with Crippen LogP contribution in [0.5, 0.6) is 0 Å². The first-order valence-corrected chi connectivity index (χ1v) is 5.35. The number of benzene rings is 1. The van der Waals surface area contributed by atoms with Gasteiger partial charge in [-0.2, -0.15) is 0 Å².